The Bertz CT molecular complexity index is 354. The van der Waals surface area contributed by atoms with Crippen LogP contribution in [0.2, 0.25) is 0 Å². The van der Waals surface area contributed by atoms with E-state index in [2.05, 4.69) is 5.92 Å². The molecule has 0 atom stereocenters. The van der Waals surface area contributed by atoms with E-state index < -0.39 is 11.6 Å². The summed E-state index contributed by atoms with van der Waals surface area (Å²) in [5.41, 5.74) is 0.275. The Morgan fingerprint density at radius 2 is 1.79 bits per heavy atom. The minimum Gasteiger partial charge on any atom is -0.305 e. The van der Waals surface area contributed by atoms with Gasteiger partial charge in [0.15, 0.2) is 0 Å². The largest absolute Gasteiger partial charge is 0.305 e. The lowest BCUT2D eigenvalue weighted by Gasteiger charge is -2.11. The topological polar surface area (TPSA) is 3.24 Å². The van der Waals surface area contributed by atoms with E-state index in [4.69, 9.17) is 6.42 Å². The van der Waals surface area contributed by atoms with Gasteiger partial charge in [-0.25, -0.2) is 8.78 Å². The van der Waals surface area contributed by atoms with Crippen molar-refractivity contribution in [1.82, 2.24) is 4.90 Å². The summed E-state index contributed by atoms with van der Waals surface area (Å²) >= 11 is 0. The van der Waals surface area contributed by atoms with Crippen molar-refractivity contribution < 1.29 is 8.78 Å². The minimum atomic E-state index is -0.591. The monoisotopic (exact) mass is 195 g/mol. The molecule has 1 aromatic carbocycles. The second kappa shape index (κ2) is 4.21. The van der Waals surface area contributed by atoms with Crippen LogP contribution >= 0.6 is 0 Å². The maximum absolute atomic E-state index is 13.3. The molecule has 0 radical (unpaired) electrons. The van der Waals surface area contributed by atoms with Crippen molar-refractivity contribution in [2.24, 2.45) is 0 Å². The quantitative estimate of drug-likeness (QED) is 0.652. The molecule has 0 aliphatic heterocycles. The van der Waals surface area contributed by atoms with Gasteiger partial charge >= 0.3 is 0 Å². The lowest BCUT2D eigenvalue weighted by Crippen LogP contribution is -2.13. The van der Waals surface area contributed by atoms with Gasteiger partial charge in [-0.2, -0.15) is 0 Å². The van der Waals surface area contributed by atoms with Crippen molar-refractivity contribution in [3.8, 4) is 12.3 Å². The molecule has 1 rings (SSSR count). The maximum Gasteiger partial charge on any atom is 0.131 e. The van der Waals surface area contributed by atoms with E-state index in [0.29, 0.717) is 0 Å². The number of hydrogen-bond acceptors (Lipinski definition) is 1. The fourth-order valence-corrected chi connectivity index (χ4v) is 1.15. The van der Waals surface area contributed by atoms with Gasteiger partial charge in [0.1, 0.15) is 11.6 Å². The summed E-state index contributed by atoms with van der Waals surface area (Å²) in [7, 11) is 3.49. The molecule has 0 unspecified atom stereocenters. The van der Waals surface area contributed by atoms with Crippen LogP contribution in [0.3, 0.4) is 0 Å². The molecule has 0 amide bonds. The average molecular weight is 195 g/mol. The van der Waals surface area contributed by atoms with Gasteiger partial charge in [0.25, 0.3) is 0 Å². The fraction of sp³-hybridized carbons (Fsp3) is 0.273. The normalized spacial score (nSPS) is 10.3. The third-order valence-corrected chi connectivity index (χ3v) is 1.78. The third kappa shape index (κ3) is 2.30. The molecule has 74 valence electrons. The Balaban J connectivity index is 3.13. The Morgan fingerprint density at radius 3 is 2.14 bits per heavy atom. The van der Waals surface area contributed by atoms with Crippen molar-refractivity contribution in [2.45, 2.75) is 6.54 Å². The van der Waals surface area contributed by atoms with Gasteiger partial charge in [0.05, 0.1) is 0 Å². The van der Waals surface area contributed by atoms with Crippen LogP contribution in [-0.4, -0.2) is 19.0 Å². The van der Waals surface area contributed by atoms with Gasteiger partial charge in [-0.05, 0) is 26.2 Å². The van der Waals surface area contributed by atoms with Crippen LogP contribution in [0, 0.1) is 24.0 Å². The predicted molar refractivity (Wildman–Crippen MR) is 51.7 cm³/mol. The van der Waals surface area contributed by atoms with Crippen LogP contribution in [0.4, 0.5) is 8.78 Å². The smallest absolute Gasteiger partial charge is 0.131 e. The molecule has 0 saturated carbocycles. The molecule has 0 fully saturated rings. The van der Waals surface area contributed by atoms with E-state index in [9.17, 15) is 8.78 Å². The molecular weight excluding hydrogens is 184 g/mol. The van der Waals surface area contributed by atoms with E-state index in [1.807, 2.05) is 0 Å². The van der Waals surface area contributed by atoms with Crippen molar-refractivity contribution >= 4 is 0 Å². The Labute approximate surface area is 82.3 Å². The van der Waals surface area contributed by atoms with Crippen LogP contribution < -0.4 is 0 Å². The first-order valence-corrected chi connectivity index (χ1v) is 4.14. The van der Waals surface area contributed by atoms with Crippen LogP contribution in [0.5, 0.6) is 0 Å². The van der Waals surface area contributed by atoms with Crippen molar-refractivity contribution in [2.75, 3.05) is 14.1 Å². The second-order valence-electron chi connectivity index (χ2n) is 3.30. The number of hydrogen-bond donors (Lipinski definition) is 0. The number of benzene rings is 1. The summed E-state index contributed by atoms with van der Waals surface area (Å²) in [6, 6.07) is 2.34. The van der Waals surface area contributed by atoms with Crippen LogP contribution in [0.25, 0.3) is 0 Å². The Morgan fingerprint density at radius 1 is 1.29 bits per heavy atom. The molecule has 0 aromatic heterocycles. The number of nitrogens with zero attached hydrogens (tertiary/aromatic N) is 1. The first kappa shape index (κ1) is 10.7. The summed E-state index contributed by atoms with van der Waals surface area (Å²) in [6.07, 6.45) is 5.05. The highest BCUT2D eigenvalue weighted by Gasteiger charge is 2.10. The average Bonchev–Trinajstić information content (AvgIpc) is 2.10. The zero-order valence-electron chi connectivity index (χ0n) is 8.14. The highest BCUT2D eigenvalue weighted by molar-refractivity contribution is 5.36. The Hall–Kier alpha value is -1.40. The summed E-state index contributed by atoms with van der Waals surface area (Å²) in [5, 5.41) is 0. The molecule has 3 heteroatoms. The van der Waals surface area contributed by atoms with E-state index in [-0.39, 0.29) is 17.7 Å². The molecule has 1 aromatic rings. The molecular formula is C11H11F2N. The second-order valence-corrected chi connectivity index (χ2v) is 3.30. The molecule has 14 heavy (non-hydrogen) atoms. The van der Waals surface area contributed by atoms with Gasteiger partial charge in [-0.15, -0.1) is 6.42 Å². The summed E-state index contributed by atoms with van der Waals surface area (Å²) < 4.78 is 26.6. The zero-order valence-corrected chi connectivity index (χ0v) is 8.14. The SMILES string of the molecule is C#Cc1cc(F)c(CN(C)C)c(F)c1. The molecule has 0 aliphatic rings. The van der Waals surface area contributed by atoms with Crippen molar-refractivity contribution in [1.29, 1.82) is 0 Å². The van der Waals surface area contributed by atoms with Gasteiger partial charge in [-0.1, -0.05) is 5.92 Å². The van der Waals surface area contributed by atoms with Crippen LogP contribution in [0.15, 0.2) is 12.1 Å². The predicted octanol–water partition coefficient (Wildman–Crippen LogP) is 2.01. The van der Waals surface area contributed by atoms with Crippen molar-refractivity contribution in [3.05, 3.63) is 34.9 Å². The molecule has 0 saturated heterocycles. The maximum atomic E-state index is 13.3. The molecule has 1 nitrogen and oxygen atoms in total. The van der Waals surface area contributed by atoms with Crippen LogP contribution in [0.1, 0.15) is 11.1 Å². The Kier molecular flexibility index (Phi) is 3.21. The number of rotatable bonds is 2. The number of terminal acetylenes is 1. The van der Waals surface area contributed by atoms with E-state index in [1.54, 1.807) is 19.0 Å². The van der Waals surface area contributed by atoms with Gasteiger partial charge in [0.2, 0.25) is 0 Å². The first-order chi connectivity index (χ1) is 6.54. The fourth-order valence-electron chi connectivity index (χ4n) is 1.15. The van der Waals surface area contributed by atoms with Gasteiger partial charge in [0, 0.05) is 17.7 Å². The highest BCUT2D eigenvalue weighted by atomic mass is 19.1. The molecule has 0 N–H and O–H groups in total. The van der Waals surface area contributed by atoms with Gasteiger partial charge < -0.3 is 4.90 Å². The van der Waals surface area contributed by atoms with Crippen molar-refractivity contribution in [3.63, 3.8) is 0 Å². The molecule has 0 heterocycles. The molecule has 0 bridgehead atoms. The lowest BCUT2D eigenvalue weighted by molar-refractivity contribution is 0.380. The first-order valence-electron chi connectivity index (χ1n) is 4.14. The summed E-state index contributed by atoms with van der Waals surface area (Å²) in [4.78, 5) is 1.69. The van der Waals surface area contributed by atoms with E-state index >= 15 is 0 Å². The van der Waals surface area contributed by atoms with E-state index in [1.165, 1.54) is 12.1 Å². The number of halogens is 2. The van der Waals surface area contributed by atoms with Gasteiger partial charge in [-0.3, -0.25) is 0 Å². The third-order valence-electron chi connectivity index (χ3n) is 1.78. The van der Waals surface area contributed by atoms with E-state index in [0.717, 1.165) is 0 Å². The standard InChI is InChI=1S/C11H11F2N/c1-4-8-5-10(12)9(7-14(2)3)11(13)6-8/h1,5-6H,7H2,2-3H3. The summed E-state index contributed by atoms with van der Waals surface area (Å²) in [6.45, 7) is 0.225. The lowest BCUT2D eigenvalue weighted by atomic mass is 10.1. The highest BCUT2D eigenvalue weighted by Crippen LogP contribution is 2.16. The minimum absolute atomic E-state index is 0.0500. The zero-order chi connectivity index (χ0) is 10.7. The summed E-state index contributed by atoms with van der Waals surface area (Å²) in [5.74, 6) is 1.01. The molecule has 0 aliphatic carbocycles. The van der Waals surface area contributed by atoms with Crippen LogP contribution in [-0.2, 0) is 6.54 Å². The molecule has 0 spiro atoms.